The van der Waals surface area contributed by atoms with Crippen LogP contribution < -0.4 is 10.6 Å². The van der Waals surface area contributed by atoms with E-state index < -0.39 is 42.2 Å². The van der Waals surface area contributed by atoms with Crippen molar-refractivity contribution in [3.8, 4) is 11.1 Å². The van der Waals surface area contributed by atoms with Gasteiger partial charge in [0.05, 0.1) is 0 Å². The lowest BCUT2D eigenvalue weighted by Crippen LogP contribution is -2.54. The van der Waals surface area contributed by atoms with Gasteiger partial charge in [-0.1, -0.05) is 48.5 Å². The maximum atomic E-state index is 12.9. The van der Waals surface area contributed by atoms with Gasteiger partial charge >= 0.3 is 18.2 Å². The molecule has 0 saturated carbocycles. The van der Waals surface area contributed by atoms with E-state index in [9.17, 15) is 27.6 Å². The second-order valence-corrected chi connectivity index (χ2v) is 8.37. The van der Waals surface area contributed by atoms with Crippen LogP contribution in [-0.2, 0) is 19.1 Å². The van der Waals surface area contributed by atoms with Crippen LogP contribution in [0.3, 0.4) is 0 Å². The first kappa shape index (κ1) is 24.5. The Balaban J connectivity index is 1.32. The fourth-order valence-electron chi connectivity index (χ4n) is 4.50. The second kappa shape index (κ2) is 9.95. The molecule has 0 spiro atoms. The number of nitrogens with one attached hydrogen (secondary N) is 2. The molecule has 4 rings (SSSR count). The molecular formula is C24H23F3N2O6. The molecule has 3 N–H and O–H groups in total. The van der Waals surface area contributed by atoms with Crippen LogP contribution >= 0.6 is 0 Å². The fourth-order valence-corrected chi connectivity index (χ4v) is 4.50. The molecule has 0 bridgehead atoms. The highest BCUT2D eigenvalue weighted by Crippen LogP contribution is 2.44. The summed E-state index contributed by atoms with van der Waals surface area (Å²) in [7, 11) is 0. The van der Waals surface area contributed by atoms with Crippen molar-refractivity contribution in [3.05, 3.63) is 59.7 Å². The lowest BCUT2D eigenvalue weighted by atomic mass is 9.98. The summed E-state index contributed by atoms with van der Waals surface area (Å²) in [5.41, 5.74) is 4.24. The number of ether oxygens (including phenoxy) is 2. The average molecular weight is 492 g/mol. The molecule has 2 aliphatic rings. The molecule has 2 amide bonds. The quantitative estimate of drug-likeness (QED) is 0.548. The van der Waals surface area contributed by atoms with E-state index in [0.29, 0.717) is 6.42 Å². The van der Waals surface area contributed by atoms with Crippen LogP contribution in [0.2, 0.25) is 0 Å². The van der Waals surface area contributed by atoms with Gasteiger partial charge in [0.1, 0.15) is 12.7 Å². The highest BCUT2D eigenvalue weighted by molar-refractivity contribution is 5.87. The van der Waals surface area contributed by atoms with E-state index in [1.165, 1.54) is 5.32 Å². The summed E-state index contributed by atoms with van der Waals surface area (Å²) < 4.78 is 49.2. The van der Waals surface area contributed by atoms with Crippen LogP contribution in [0.15, 0.2) is 48.5 Å². The third-order valence-electron chi connectivity index (χ3n) is 6.19. The van der Waals surface area contributed by atoms with Gasteiger partial charge in [-0.15, -0.1) is 0 Å². The Hall–Kier alpha value is -3.60. The van der Waals surface area contributed by atoms with Gasteiger partial charge < -0.3 is 25.2 Å². The van der Waals surface area contributed by atoms with Crippen LogP contribution in [0.5, 0.6) is 0 Å². The van der Waals surface area contributed by atoms with Crippen molar-refractivity contribution in [2.75, 3.05) is 19.8 Å². The number of carboxylic acids is 1. The van der Waals surface area contributed by atoms with Crippen LogP contribution in [0.4, 0.5) is 18.0 Å². The number of halogens is 3. The smallest absolute Gasteiger partial charge is 0.419 e. The molecule has 35 heavy (non-hydrogen) atoms. The van der Waals surface area contributed by atoms with Crippen molar-refractivity contribution in [3.63, 3.8) is 0 Å². The van der Waals surface area contributed by atoms with E-state index in [1.54, 1.807) is 0 Å². The number of hydrogen-bond acceptors (Lipinski definition) is 5. The Bertz CT molecular complexity index is 1080. The maximum Gasteiger partial charge on any atom is 0.419 e. The molecule has 1 aliphatic heterocycles. The molecule has 1 saturated heterocycles. The average Bonchev–Trinajstić information content (AvgIpc) is 3.41. The van der Waals surface area contributed by atoms with Crippen molar-refractivity contribution in [1.29, 1.82) is 0 Å². The summed E-state index contributed by atoms with van der Waals surface area (Å²) in [4.78, 5) is 35.5. The SMILES string of the molecule is O=C(NC[C@H]1CCO[C@H]1C(=O)NC(C(=O)O)C(F)(F)F)OCC1c2ccccc2-c2ccccc21. The minimum atomic E-state index is -5.16. The van der Waals surface area contributed by atoms with E-state index in [1.807, 2.05) is 48.5 Å². The van der Waals surface area contributed by atoms with Crippen molar-refractivity contribution in [2.24, 2.45) is 5.92 Å². The van der Waals surface area contributed by atoms with Gasteiger partial charge in [-0.2, -0.15) is 13.2 Å². The number of alkyl carbamates (subject to hydrolysis) is 1. The summed E-state index contributed by atoms with van der Waals surface area (Å²) in [6, 6.07) is 12.6. The molecular weight excluding hydrogens is 469 g/mol. The van der Waals surface area contributed by atoms with Crippen LogP contribution in [0.25, 0.3) is 11.1 Å². The van der Waals surface area contributed by atoms with Gasteiger partial charge in [-0.25, -0.2) is 9.59 Å². The van der Waals surface area contributed by atoms with Gasteiger partial charge in [0.2, 0.25) is 11.9 Å². The minimum Gasteiger partial charge on any atom is -0.479 e. The Morgan fingerprint density at radius 2 is 1.66 bits per heavy atom. The zero-order chi connectivity index (χ0) is 25.2. The number of hydrogen-bond donors (Lipinski definition) is 3. The largest absolute Gasteiger partial charge is 0.479 e. The number of carbonyl (C=O) groups excluding carboxylic acids is 2. The summed E-state index contributed by atoms with van der Waals surface area (Å²) in [5.74, 6) is -4.21. The molecule has 1 unspecified atom stereocenters. The molecule has 0 aromatic heterocycles. The van der Waals surface area contributed by atoms with E-state index in [2.05, 4.69) is 5.32 Å². The Morgan fingerprint density at radius 3 is 2.23 bits per heavy atom. The number of rotatable bonds is 7. The Morgan fingerprint density at radius 1 is 1.06 bits per heavy atom. The summed E-state index contributed by atoms with van der Waals surface area (Å²) in [6.07, 6.45) is -6.93. The summed E-state index contributed by atoms with van der Waals surface area (Å²) in [6.45, 7) is 0.0776. The zero-order valence-electron chi connectivity index (χ0n) is 18.4. The number of alkyl halides is 3. The number of amides is 2. The number of fused-ring (bicyclic) bond motifs is 3. The van der Waals surface area contributed by atoms with Crippen LogP contribution in [0.1, 0.15) is 23.5 Å². The van der Waals surface area contributed by atoms with Crippen molar-refractivity contribution < 1.29 is 42.1 Å². The van der Waals surface area contributed by atoms with Crippen molar-refractivity contribution >= 4 is 18.0 Å². The highest BCUT2D eigenvalue weighted by Gasteiger charge is 2.48. The molecule has 1 aliphatic carbocycles. The first-order valence-corrected chi connectivity index (χ1v) is 11.0. The fraction of sp³-hybridized carbons (Fsp3) is 0.375. The number of carboxylic acid groups (broad SMARTS) is 1. The summed E-state index contributed by atoms with van der Waals surface area (Å²) >= 11 is 0. The van der Waals surface area contributed by atoms with E-state index in [4.69, 9.17) is 14.6 Å². The molecule has 3 atom stereocenters. The van der Waals surface area contributed by atoms with E-state index in [0.717, 1.165) is 22.3 Å². The maximum absolute atomic E-state index is 12.9. The predicted octanol–water partition coefficient (Wildman–Crippen LogP) is 3.06. The predicted molar refractivity (Wildman–Crippen MR) is 117 cm³/mol. The first-order chi connectivity index (χ1) is 16.7. The molecule has 0 radical (unpaired) electrons. The normalized spacial score (nSPS) is 20.0. The monoisotopic (exact) mass is 492 g/mol. The van der Waals surface area contributed by atoms with Gasteiger partial charge in [-0.3, -0.25) is 4.79 Å². The standard InChI is InChI=1S/C24H23F3N2O6/c25-24(26,27)20(22(31)32)29-21(30)19-13(9-10-34-19)11-28-23(33)35-12-18-16-7-3-1-5-14(16)15-6-2-4-8-17(15)18/h1-8,13,18-20H,9-12H2,(H,28,33)(H,29,30)(H,31,32)/t13-,19-,20?/m1/s1. The van der Waals surface area contributed by atoms with E-state index >= 15 is 0 Å². The third-order valence-corrected chi connectivity index (χ3v) is 6.19. The number of aliphatic carboxylic acids is 1. The third kappa shape index (κ3) is 5.24. The van der Waals surface area contributed by atoms with E-state index in [-0.39, 0.29) is 25.7 Å². The Labute approximate surface area is 198 Å². The topological polar surface area (TPSA) is 114 Å². The van der Waals surface area contributed by atoms with Gasteiger partial charge in [-0.05, 0) is 28.7 Å². The lowest BCUT2D eigenvalue weighted by Gasteiger charge is -2.22. The number of benzene rings is 2. The van der Waals surface area contributed by atoms with Crippen molar-refractivity contribution in [2.45, 2.75) is 30.7 Å². The van der Waals surface area contributed by atoms with Crippen LogP contribution in [-0.4, -0.2) is 61.2 Å². The molecule has 2 aromatic carbocycles. The number of carbonyl (C=O) groups is 3. The summed E-state index contributed by atoms with van der Waals surface area (Å²) in [5, 5.41) is 12.8. The molecule has 11 heteroatoms. The van der Waals surface area contributed by atoms with Crippen molar-refractivity contribution in [1.82, 2.24) is 10.6 Å². The highest BCUT2D eigenvalue weighted by atomic mass is 19.4. The van der Waals surface area contributed by atoms with Gasteiger partial charge in [0, 0.05) is 25.0 Å². The molecule has 1 fully saturated rings. The van der Waals surface area contributed by atoms with Crippen LogP contribution in [0, 0.1) is 5.92 Å². The zero-order valence-corrected chi connectivity index (χ0v) is 18.4. The minimum absolute atomic E-state index is 0.0802. The molecule has 1 heterocycles. The van der Waals surface area contributed by atoms with Gasteiger partial charge in [0.15, 0.2) is 0 Å². The lowest BCUT2D eigenvalue weighted by molar-refractivity contribution is -0.183. The molecule has 8 nitrogen and oxygen atoms in total. The first-order valence-electron chi connectivity index (χ1n) is 11.0. The Kier molecular flexibility index (Phi) is 6.97. The molecule has 2 aromatic rings. The molecule has 186 valence electrons. The second-order valence-electron chi connectivity index (χ2n) is 8.37. The van der Waals surface area contributed by atoms with Gasteiger partial charge in [0.25, 0.3) is 0 Å².